The molecule has 2 rings (SSSR count). The molecule has 0 bridgehead atoms. The van der Waals surface area contributed by atoms with Crippen LogP contribution >= 0.6 is 0 Å². The molecule has 0 aliphatic heterocycles. The lowest BCUT2D eigenvalue weighted by Gasteiger charge is -2.06. The Morgan fingerprint density at radius 3 is 2.90 bits per heavy atom. The molecule has 1 aromatic heterocycles. The number of ether oxygens (including phenoxy) is 1. The molecule has 0 radical (unpaired) electrons. The van der Waals surface area contributed by atoms with Crippen molar-refractivity contribution in [3.63, 3.8) is 0 Å². The van der Waals surface area contributed by atoms with Crippen molar-refractivity contribution in [1.29, 1.82) is 5.26 Å². The number of anilines is 1. The average molecular weight is 270 g/mol. The van der Waals surface area contributed by atoms with Crippen LogP contribution in [0.2, 0.25) is 0 Å². The molecular formula is C15H18N4O. The SMILES string of the molecule is CCCCn1cnc(-c2ccc(OC)c(C#N)c2)c1N. The summed E-state index contributed by atoms with van der Waals surface area (Å²) in [4.78, 5) is 4.36. The van der Waals surface area contributed by atoms with Crippen LogP contribution in [0, 0.1) is 11.3 Å². The number of hydrogen-bond acceptors (Lipinski definition) is 4. The van der Waals surface area contributed by atoms with Gasteiger partial charge in [-0.1, -0.05) is 13.3 Å². The molecule has 0 fully saturated rings. The molecule has 2 N–H and O–H groups in total. The van der Waals surface area contributed by atoms with Crippen molar-refractivity contribution >= 4 is 5.82 Å². The Morgan fingerprint density at radius 2 is 2.25 bits per heavy atom. The van der Waals surface area contributed by atoms with Gasteiger partial charge in [-0.05, 0) is 24.6 Å². The van der Waals surface area contributed by atoms with E-state index >= 15 is 0 Å². The Hall–Kier alpha value is -2.48. The van der Waals surface area contributed by atoms with Crippen LogP contribution < -0.4 is 10.5 Å². The van der Waals surface area contributed by atoms with Crippen molar-refractivity contribution in [1.82, 2.24) is 9.55 Å². The average Bonchev–Trinajstić information content (AvgIpc) is 2.85. The fraction of sp³-hybridized carbons (Fsp3) is 0.333. The third-order valence-electron chi connectivity index (χ3n) is 3.22. The topological polar surface area (TPSA) is 76.9 Å². The number of aromatic nitrogens is 2. The van der Waals surface area contributed by atoms with E-state index in [9.17, 15) is 0 Å². The van der Waals surface area contributed by atoms with E-state index < -0.39 is 0 Å². The summed E-state index contributed by atoms with van der Waals surface area (Å²) in [7, 11) is 1.55. The number of nitrogens with zero attached hydrogens (tertiary/aromatic N) is 3. The second-order valence-corrected chi connectivity index (χ2v) is 4.55. The standard InChI is InChI=1S/C15H18N4O/c1-3-4-7-19-10-18-14(15(19)17)11-5-6-13(20-2)12(8-11)9-16/h5-6,8,10H,3-4,7,17H2,1-2H3. The normalized spacial score (nSPS) is 10.2. The van der Waals surface area contributed by atoms with Gasteiger partial charge in [0.2, 0.25) is 0 Å². The van der Waals surface area contributed by atoms with E-state index in [0.717, 1.165) is 24.9 Å². The van der Waals surface area contributed by atoms with E-state index in [2.05, 4.69) is 18.0 Å². The van der Waals surface area contributed by atoms with E-state index in [1.807, 2.05) is 10.6 Å². The molecule has 0 aliphatic carbocycles. The van der Waals surface area contributed by atoms with Gasteiger partial charge in [-0.15, -0.1) is 0 Å². The van der Waals surface area contributed by atoms with Gasteiger partial charge in [0.1, 0.15) is 23.3 Å². The Bertz CT molecular complexity index is 640. The summed E-state index contributed by atoms with van der Waals surface area (Å²) < 4.78 is 7.08. The molecule has 0 saturated heterocycles. The summed E-state index contributed by atoms with van der Waals surface area (Å²) >= 11 is 0. The minimum atomic E-state index is 0.479. The van der Waals surface area contributed by atoms with Gasteiger partial charge in [-0.3, -0.25) is 0 Å². The summed E-state index contributed by atoms with van der Waals surface area (Å²) in [6.45, 7) is 2.99. The van der Waals surface area contributed by atoms with Crippen molar-refractivity contribution in [2.75, 3.05) is 12.8 Å². The Balaban J connectivity index is 2.37. The first kappa shape index (κ1) is 13.9. The van der Waals surface area contributed by atoms with Gasteiger partial charge in [0.25, 0.3) is 0 Å². The lowest BCUT2D eigenvalue weighted by Crippen LogP contribution is -2.02. The van der Waals surface area contributed by atoms with Crippen molar-refractivity contribution in [2.24, 2.45) is 0 Å². The number of nitrogen functional groups attached to an aromatic ring is 1. The molecular weight excluding hydrogens is 252 g/mol. The molecule has 0 spiro atoms. The van der Waals surface area contributed by atoms with Gasteiger partial charge < -0.3 is 15.0 Å². The minimum Gasteiger partial charge on any atom is -0.495 e. The summed E-state index contributed by atoms with van der Waals surface area (Å²) in [6.07, 6.45) is 3.91. The highest BCUT2D eigenvalue weighted by molar-refractivity contribution is 5.72. The second-order valence-electron chi connectivity index (χ2n) is 4.55. The molecule has 1 heterocycles. The first-order valence-electron chi connectivity index (χ1n) is 6.60. The molecule has 104 valence electrons. The Kier molecular flexibility index (Phi) is 4.26. The van der Waals surface area contributed by atoms with Crippen LogP contribution in [-0.2, 0) is 6.54 Å². The quantitative estimate of drug-likeness (QED) is 0.906. The molecule has 1 aromatic carbocycles. The summed E-state index contributed by atoms with van der Waals surface area (Å²) in [6, 6.07) is 7.49. The first-order valence-corrected chi connectivity index (χ1v) is 6.60. The summed E-state index contributed by atoms with van der Waals surface area (Å²) in [5.74, 6) is 1.19. The number of rotatable bonds is 5. The van der Waals surface area contributed by atoms with Crippen LogP contribution in [0.15, 0.2) is 24.5 Å². The number of hydrogen-bond donors (Lipinski definition) is 1. The Morgan fingerprint density at radius 1 is 1.45 bits per heavy atom. The highest BCUT2D eigenvalue weighted by atomic mass is 16.5. The van der Waals surface area contributed by atoms with Gasteiger partial charge in [0.05, 0.1) is 19.0 Å². The zero-order chi connectivity index (χ0) is 14.5. The zero-order valence-electron chi connectivity index (χ0n) is 11.8. The fourth-order valence-electron chi connectivity index (χ4n) is 2.06. The van der Waals surface area contributed by atoms with Gasteiger partial charge in [-0.2, -0.15) is 5.26 Å². The molecule has 0 atom stereocenters. The number of unbranched alkanes of at least 4 members (excludes halogenated alkanes) is 1. The van der Waals surface area contributed by atoms with Crippen molar-refractivity contribution in [3.05, 3.63) is 30.1 Å². The summed E-state index contributed by atoms with van der Waals surface area (Å²) in [5, 5.41) is 9.12. The maximum atomic E-state index is 9.12. The van der Waals surface area contributed by atoms with Gasteiger partial charge in [0.15, 0.2) is 0 Å². The molecule has 5 heteroatoms. The van der Waals surface area contributed by atoms with E-state index in [-0.39, 0.29) is 0 Å². The summed E-state index contributed by atoms with van der Waals surface area (Å²) in [5.41, 5.74) is 8.14. The number of imidazole rings is 1. The number of methoxy groups -OCH3 is 1. The molecule has 5 nitrogen and oxygen atoms in total. The van der Waals surface area contributed by atoms with E-state index in [4.69, 9.17) is 15.7 Å². The van der Waals surface area contributed by atoms with Gasteiger partial charge in [0, 0.05) is 12.1 Å². The molecule has 0 saturated carbocycles. The highest BCUT2D eigenvalue weighted by Gasteiger charge is 2.12. The molecule has 2 aromatic rings. The van der Waals surface area contributed by atoms with E-state index in [1.165, 1.54) is 0 Å². The third-order valence-corrected chi connectivity index (χ3v) is 3.22. The van der Waals surface area contributed by atoms with Crippen LogP contribution in [-0.4, -0.2) is 16.7 Å². The predicted octanol–water partition coefficient (Wildman–Crippen LogP) is 2.81. The van der Waals surface area contributed by atoms with Crippen molar-refractivity contribution in [2.45, 2.75) is 26.3 Å². The van der Waals surface area contributed by atoms with Crippen LogP contribution in [0.5, 0.6) is 5.75 Å². The number of nitrogens with two attached hydrogens (primary N) is 1. The lowest BCUT2D eigenvalue weighted by atomic mass is 10.1. The second kappa shape index (κ2) is 6.11. The number of aryl methyl sites for hydroxylation is 1. The maximum absolute atomic E-state index is 9.12. The first-order chi connectivity index (χ1) is 9.71. The van der Waals surface area contributed by atoms with Crippen LogP contribution in [0.1, 0.15) is 25.3 Å². The van der Waals surface area contributed by atoms with Crippen LogP contribution in [0.4, 0.5) is 5.82 Å². The van der Waals surface area contributed by atoms with Crippen LogP contribution in [0.25, 0.3) is 11.3 Å². The van der Waals surface area contributed by atoms with Crippen LogP contribution in [0.3, 0.4) is 0 Å². The zero-order valence-corrected chi connectivity index (χ0v) is 11.8. The smallest absolute Gasteiger partial charge is 0.136 e. The van der Waals surface area contributed by atoms with E-state index in [1.54, 1.807) is 25.6 Å². The maximum Gasteiger partial charge on any atom is 0.136 e. The number of benzene rings is 1. The predicted molar refractivity (Wildman–Crippen MR) is 78.3 cm³/mol. The minimum absolute atomic E-state index is 0.479. The highest BCUT2D eigenvalue weighted by Crippen LogP contribution is 2.29. The number of nitriles is 1. The molecule has 0 unspecified atom stereocenters. The molecule has 0 amide bonds. The fourth-order valence-corrected chi connectivity index (χ4v) is 2.06. The molecule has 20 heavy (non-hydrogen) atoms. The lowest BCUT2D eigenvalue weighted by molar-refractivity contribution is 0.413. The van der Waals surface area contributed by atoms with Gasteiger partial charge >= 0.3 is 0 Å². The third kappa shape index (κ3) is 2.59. The largest absolute Gasteiger partial charge is 0.495 e. The monoisotopic (exact) mass is 270 g/mol. The van der Waals surface area contributed by atoms with Gasteiger partial charge in [-0.25, -0.2) is 4.98 Å². The van der Waals surface area contributed by atoms with Crippen molar-refractivity contribution in [3.8, 4) is 23.1 Å². The van der Waals surface area contributed by atoms with E-state index in [0.29, 0.717) is 22.8 Å². The van der Waals surface area contributed by atoms with Crippen molar-refractivity contribution < 1.29 is 4.74 Å². The Labute approximate surface area is 118 Å². The molecule has 0 aliphatic rings.